The number of nitro benzene ring substituents is 1. The van der Waals surface area contributed by atoms with Crippen molar-refractivity contribution in [1.82, 2.24) is 0 Å². The average Bonchev–Trinajstić information content (AvgIpc) is 2.71. The molecule has 0 aliphatic rings. The minimum absolute atomic E-state index is 0.168. The molecule has 0 saturated carbocycles. The van der Waals surface area contributed by atoms with Crippen LogP contribution < -0.4 is 14.2 Å². The Hall–Kier alpha value is -3.54. The van der Waals surface area contributed by atoms with Crippen LogP contribution in [0.1, 0.15) is 11.1 Å². The Balaban J connectivity index is 1.75. The monoisotopic (exact) mass is 365 g/mol. The van der Waals surface area contributed by atoms with E-state index >= 15 is 0 Å². The lowest BCUT2D eigenvalue weighted by Gasteiger charge is -2.11. The van der Waals surface area contributed by atoms with Crippen LogP contribution in [-0.4, -0.2) is 12.0 Å². The van der Waals surface area contributed by atoms with E-state index in [4.69, 9.17) is 14.2 Å². The van der Waals surface area contributed by atoms with Gasteiger partial charge in [0.2, 0.25) is 11.5 Å². The predicted molar refractivity (Wildman–Crippen MR) is 101 cm³/mol. The van der Waals surface area contributed by atoms with E-state index in [0.29, 0.717) is 0 Å². The smallest absolute Gasteiger partial charge is 0.352 e. The number of methoxy groups -OCH3 is 1. The van der Waals surface area contributed by atoms with Crippen molar-refractivity contribution in [1.29, 1.82) is 0 Å². The van der Waals surface area contributed by atoms with Gasteiger partial charge in [-0.3, -0.25) is 10.1 Å². The summed E-state index contributed by atoms with van der Waals surface area (Å²) >= 11 is 0. The molecule has 0 aliphatic carbocycles. The van der Waals surface area contributed by atoms with Gasteiger partial charge in [-0.15, -0.1) is 0 Å². The summed E-state index contributed by atoms with van der Waals surface area (Å²) in [4.78, 5) is 11.1. The van der Waals surface area contributed by atoms with Gasteiger partial charge in [0.1, 0.15) is 19.0 Å². The third kappa shape index (κ3) is 4.76. The first-order valence-electron chi connectivity index (χ1n) is 8.37. The first-order valence-corrected chi connectivity index (χ1v) is 8.37. The standard InChI is InChI=1S/C21H19NO5/c1-25-18-12-10-17(11-13-18)15-27-20-9-5-8-19(21(20)22(23)24)26-14-16-6-3-2-4-7-16/h2-13H,14-15H2,1H3. The second-order valence-corrected chi connectivity index (χ2v) is 5.77. The molecule has 0 N–H and O–H groups in total. The molecule has 138 valence electrons. The van der Waals surface area contributed by atoms with Crippen molar-refractivity contribution in [3.8, 4) is 17.2 Å². The molecular formula is C21H19NO5. The zero-order valence-corrected chi connectivity index (χ0v) is 14.8. The normalized spacial score (nSPS) is 10.3. The summed E-state index contributed by atoms with van der Waals surface area (Å²) in [5, 5.41) is 11.6. The van der Waals surface area contributed by atoms with Crippen LogP contribution in [0.4, 0.5) is 5.69 Å². The van der Waals surface area contributed by atoms with E-state index in [1.165, 1.54) is 0 Å². The Morgan fingerprint density at radius 3 is 1.85 bits per heavy atom. The fourth-order valence-electron chi connectivity index (χ4n) is 2.53. The molecule has 0 aromatic heterocycles. The molecule has 0 spiro atoms. The topological polar surface area (TPSA) is 70.8 Å². The van der Waals surface area contributed by atoms with Crippen LogP contribution >= 0.6 is 0 Å². The van der Waals surface area contributed by atoms with Gasteiger partial charge in [0.25, 0.3) is 0 Å². The molecule has 0 bridgehead atoms. The molecule has 0 unspecified atom stereocenters. The summed E-state index contributed by atoms with van der Waals surface area (Å²) in [6, 6.07) is 21.6. The summed E-state index contributed by atoms with van der Waals surface area (Å²) in [6.45, 7) is 0.441. The highest BCUT2D eigenvalue weighted by molar-refractivity contribution is 5.57. The largest absolute Gasteiger partial charge is 0.497 e. The van der Waals surface area contributed by atoms with E-state index in [1.807, 2.05) is 54.6 Å². The van der Waals surface area contributed by atoms with Gasteiger partial charge in [-0.05, 0) is 35.4 Å². The number of hydrogen-bond acceptors (Lipinski definition) is 5. The van der Waals surface area contributed by atoms with Crippen LogP contribution in [0, 0.1) is 10.1 Å². The summed E-state index contributed by atoms with van der Waals surface area (Å²) < 4.78 is 16.5. The van der Waals surface area contributed by atoms with Crippen LogP contribution in [0.15, 0.2) is 72.8 Å². The number of benzene rings is 3. The molecule has 0 amide bonds. The van der Waals surface area contributed by atoms with Gasteiger partial charge in [0, 0.05) is 0 Å². The van der Waals surface area contributed by atoms with E-state index in [2.05, 4.69) is 0 Å². The second kappa shape index (κ2) is 8.71. The molecule has 3 aromatic rings. The highest BCUT2D eigenvalue weighted by Gasteiger charge is 2.22. The van der Waals surface area contributed by atoms with Crippen LogP contribution in [0.25, 0.3) is 0 Å². The van der Waals surface area contributed by atoms with Crippen LogP contribution in [0.2, 0.25) is 0 Å². The summed E-state index contributed by atoms with van der Waals surface area (Å²) in [6.07, 6.45) is 0. The quantitative estimate of drug-likeness (QED) is 0.425. The van der Waals surface area contributed by atoms with E-state index in [-0.39, 0.29) is 30.4 Å². The maximum Gasteiger partial charge on any atom is 0.352 e. The summed E-state index contributed by atoms with van der Waals surface area (Å²) in [5.41, 5.74) is 1.62. The zero-order chi connectivity index (χ0) is 19.1. The Morgan fingerprint density at radius 1 is 0.778 bits per heavy atom. The molecule has 6 nitrogen and oxygen atoms in total. The van der Waals surface area contributed by atoms with Crippen molar-refractivity contribution < 1.29 is 19.1 Å². The van der Waals surface area contributed by atoms with Crippen molar-refractivity contribution in [2.24, 2.45) is 0 Å². The number of rotatable bonds is 8. The number of nitro groups is 1. The average molecular weight is 365 g/mol. The maximum absolute atomic E-state index is 11.6. The van der Waals surface area contributed by atoms with Crippen molar-refractivity contribution in [2.75, 3.05) is 7.11 Å². The Bertz CT molecular complexity index is 894. The Morgan fingerprint density at radius 2 is 1.33 bits per heavy atom. The SMILES string of the molecule is COc1ccc(COc2cccc(OCc3ccccc3)c2[N+](=O)[O-])cc1. The van der Waals surface area contributed by atoms with Gasteiger partial charge in [0.15, 0.2) is 0 Å². The third-order valence-corrected chi connectivity index (χ3v) is 3.94. The molecule has 0 radical (unpaired) electrons. The van der Waals surface area contributed by atoms with Gasteiger partial charge in [-0.25, -0.2) is 0 Å². The second-order valence-electron chi connectivity index (χ2n) is 5.77. The van der Waals surface area contributed by atoms with Crippen molar-refractivity contribution in [2.45, 2.75) is 13.2 Å². The number of ether oxygens (including phenoxy) is 3. The number of nitrogens with zero attached hydrogens (tertiary/aromatic N) is 1. The molecule has 6 heteroatoms. The Kier molecular flexibility index (Phi) is 5.89. The highest BCUT2D eigenvalue weighted by atomic mass is 16.6. The third-order valence-electron chi connectivity index (χ3n) is 3.94. The fourth-order valence-corrected chi connectivity index (χ4v) is 2.53. The Labute approximate surface area is 157 Å². The van der Waals surface area contributed by atoms with Crippen molar-refractivity contribution >= 4 is 5.69 Å². The van der Waals surface area contributed by atoms with Gasteiger partial charge in [-0.2, -0.15) is 0 Å². The van der Waals surface area contributed by atoms with E-state index in [1.54, 1.807) is 25.3 Å². The molecule has 27 heavy (non-hydrogen) atoms. The van der Waals surface area contributed by atoms with Gasteiger partial charge in [0.05, 0.1) is 12.0 Å². The summed E-state index contributed by atoms with van der Waals surface area (Å²) in [7, 11) is 1.59. The maximum atomic E-state index is 11.6. The highest BCUT2D eigenvalue weighted by Crippen LogP contribution is 2.37. The minimum atomic E-state index is -0.482. The number of para-hydroxylation sites is 1. The lowest BCUT2D eigenvalue weighted by Crippen LogP contribution is -2.03. The first kappa shape index (κ1) is 18.3. The number of hydrogen-bond donors (Lipinski definition) is 0. The lowest BCUT2D eigenvalue weighted by molar-refractivity contribution is -0.387. The molecule has 3 rings (SSSR count). The van der Waals surface area contributed by atoms with E-state index in [9.17, 15) is 10.1 Å². The van der Waals surface area contributed by atoms with Gasteiger partial charge in [-0.1, -0.05) is 48.5 Å². The van der Waals surface area contributed by atoms with E-state index < -0.39 is 4.92 Å². The molecular weight excluding hydrogens is 346 g/mol. The van der Waals surface area contributed by atoms with Crippen LogP contribution in [0.3, 0.4) is 0 Å². The first-order chi connectivity index (χ1) is 13.2. The molecule has 0 heterocycles. The van der Waals surface area contributed by atoms with Crippen LogP contribution in [-0.2, 0) is 13.2 Å². The molecule has 0 aliphatic heterocycles. The molecule has 0 atom stereocenters. The van der Waals surface area contributed by atoms with Gasteiger partial charge < -0.3 is 14.2 Å². The minimum Gasteiger partial charge on any atom is -0.497 e. The van der Waals surface area contributed by atoms with Crippen LogP contribution in [0.5, 0.6) is 17.2 Å². The molecule has 0 fully saturated rings. The lowest BCUT2D eigenvalue weighted by atomic mass is 10.2. The van der Waals surface area contributed by atoms with E-state index in [0.717, 1.165) is 16.9 Å². The molecule has 0 saturated heterocycles. The van der Waals surface area contributed by atoms with Crippen molar-refractivity contribution in [3.63, 3.8) is 0 Å². The van der Waals surface area contributed by atoms with Gasteiger partial charge >= 0.3 is 5.69 Å². The fraction of sp³-hybridized carbons (Fsp3) is 0.143. The summed E-state index contributed by atoms with van der Waals surface area (Å²) in [5.74, 6) is 1.08. The van der Waals surface area contributed by atoms with Crippen molar-refractivity contribution in [3.05, 3.63) is 94.0 Å². The molecule has 3 aromatic carbocycles. The predicted octanol–water partition coefficient (Wildman–Crippen LogP) is 4.76. The zero-order valence-electron chi connectivity index (χ0n) is 14.8.